The Labute approximate surface area is 300 Å². The van der Waals surface area contributed by atoms with Crippen molar-refractivity contribution in [1.82, 2.24) is 9.80 Å². The van der Waals surface area contributed by atoms with Crippen LogP contribution in [0, 0.1) is 11.8 Å². The molecule has 2 aliphatic heterocycles. The molecule has 0 saturated carbocycles. The Morgan fingerprint density at radius 3 is 1.06 bits per heavy atom. The van der Waals surface area contributed by atoms with Gasteiger partial charge in [0.05, 0.1) is 24.5 Å². The van der Waals surface area contributed by atoms with Gasteiger partial charge in [0.2, 0.25) is 23.6 Å². The third-order valence-electron chi connectivity index (χ3n) is 9.28. The average molecular weight is 691 g/mol. The van der Waals surface area contributed by atoms with Crippen molar-refractivity contribution in [2.75, 3.05) is 9.80 Å². The molecule has 0 aliphatic carbocycles. The predicted molar refractivity (Wildman–Crippen MR) is 193 cm³/mol. The van der Waals surface area contributed by atoms with Gasteiger partial charge in [0.15, 0.2) is 0 Å². The largest absolute Gasteiger partial charge is 0.338 e. The zero-order valence-corrected chi connectivity index (χ0v) is 28.1. The Morgan fingerprint density at radius 1 is 0.365 bits per heavy atom. The lowest BCUT2D eigenvalue weighted by Gasteiger charge is -2.37. The number of anilines is 2. The highest BCUT2D eigenvalue weighted by molar-refractivity contribution is 6.28. The van der Waals surface area contributed by atoms with E-state index in [1.54, 1.807) is 84.9 Å². The lowest BCUT2D eigenvalue weighted by atomic mass is 9.90. The molecule has 2 atom stereocenters. The van der Waals surface area contributed by atoms with Gasteiger partial charge in [-0.15, -0.1) is 0 Å². The molecule has 10 nitrogen and oxygen atoms in total. The summed E-state index contributed by atoms with van der Waals surface area (Å²) in [6.07, 6.45) is -0.0382. The van der Waals surface area contributed by atoms with E-state index in [-0.39, 0.29) is 25.9 Å². The summed E-state index contributed by atoms with van der Waals surface area (Å²) >= 11 is 0. The molecule has 2 fully saturated rings. The molecule has 0 N–H and O–H groups in total. The second-order valence-corrected chi connectivity index (χ2v) is 12.7. The molecular formula is C42H34N4O6. The molecule has 5 aromatic rings. The molecule has 5 aromatic carbocycles. The fourth-order valence-corrected chi connectivity index (χ4v) is 6.67. The van der Waals surface area contributed by atoms with Crippen LogP contribution in [0.4, 0.5) is 21.0 Å². The maximum Gasteiger partial charge on any atom is 0.338 e. The lowest BCUT2D eigenvalue weighted by Crippen LogP contribution is -2.60. The monoisotopic (exact) mass is 690 g/mol. The van der Waals surface area contributed by atoms with E-state index in [0.29, 0.717) is 22.5 Å². The Morgan fingerprint density at radius 2 is 0.692 bits per heavy atom. The first kappa shape index (κ1) is 33.8. The molecule has 2 aliphatic rings. The Balaban J connectivity index is 1.17. The predicted octanol–water partition coefficient (Wildman–Crippen LogP) is 6.40. The summed E-state index contributed by atoms with van der Waals surface area (Å²) in [6.45, 7) is -0.0125. The number of urea groups is 2. The van der Waals surface area contributed by atoms with Crippen molar-refractivity contribution in [3.05, 3.63) is 168 Å². The lowest BCUT2D eigenvalue weighted by molar-refractivity contribution is -0.143. The van der Waals surface area contributed by atoms with Gasteiger partial charge in [0.1, 0.15) is 11.8 Å². The van der Waals surface area contributed by atoms with Gasteiger partial charge < -0.3 is 0 Å². The van der Waals surface area contributed by atoms with E-state index in [9.17, 15) is 28.8 Å². The van der Waals surface area contributed by atoms with E-state index in [0.717, 1.165) is 30.7 Å². The first-order chi connectivity index (χ1) is 25.3. The van der Waals surface area contributed by atoms with E-state index in [1.807, 2.05) is 60.7 Å². The summed E-state index contributed by atoms with van der Waals surface area (Å²) in [5.74, 6) is -4.90. The minimum absolute atomic E-state index is 0.00627. The van der Waals surface area contributed by atoms with Crippen LogP contribution in [-0.2, 0) is 45.1 Å². The standard InChI is InChI=1S/C42H34N4O6/c47-37-35(39(49)45(33-20-9-3-10-21-33)41(51)43(37)27-29-14-5-1-6-15-29)25-31-18-13-19-32(24-31)26-36-38(48)44(28-30-16-7-2-8-17-30)42(52)46(40(36)50)34-22-11-4-12-23-34/h1-24,35-36H,25-28H2. The molecule has 8 amide bonds. The second kappa shape index (κ2) is 14.7. The third kappa shape index (κ3) is 6.74. The zero-order chi connectivity index (χ0) is 36.2. The van der Waals surface area contributed by atoms with Crippen molar-refractivity contribution in [2.45, 2.75) is 25.9 Å². The van der Waals surface area contributed by atoms with Crippen LogP contribution in [-0.4, -0.2) is 45.5 Å². The third-order valence-corrected chi connectivity index (χ3v) is 9.28. The van der Waals surface area contributed by atoms with Crippen LogP contribution in [0.15, 0.2) is 146 Å². The van der Waals surface area contributed by atoms with E-state index < -0.39 is 47.5 Å². The number of nitrogens with zero attached hydrogens (tertiary/aromatic N) is 4. The number of barbiturate groups is 2. The van der Waals surface area contributed by atoms with Crippen molar-refractivity contribution in [3.8, 4) is 0 Å². The highest BCUT2D eigenvalue weighted by atomic mass is 16.2. The van der Waals surface area contributed by atoms with Gasteiger partial charge in [0.25, 0.3) is 0 Å². The normalized spacial score (nSPS) is 18.0. The summed E-state index contributed by atoms with van der Waals surface area (Å²) in [5, 5.41) is 0. The molecule has 0 radical (unpaired) electrons. The molecule has 10 heteroatoms. The Bertz CT molecular complexity index is 1990. The number of carbonyl (C=O) groups excluding carboxylic acids is 6. The number of benzene rings is 5. The highest BCUT2D eigenvalue weighted by Crippen LogP contribution is 2.31. The first-order valence-electron chi connectivity index (χ1n) is 16.9. The average Bonchev–Trinajstić information content (AvgIpc) is 3.17. The molecule has 0 bridgehead atoms. The number of rotatable bonds is 10. The molecular weight excluding hydrogens is 656 g/mol. The molecule has 0 aromatic heterocycles. The number of hydrogen-bond acceptors (Lipinski definition) is 6. The van der Waals surface area contributed by atoms with Crippen LogP contribution in [0.5, 0.6) is 0 Å². The van der Waals surface area contributed by atoms with Crippen LogP contribution >= 0.6 is 0 Å². The van der Waals surface area contributed by atoms with Gasteiger partial charge in [-0.2, -0.15) is 0 Å². The smallest absolute Gasteiger partial charge is 0.273 e. The summed E-state index contributed by atoms with van der Waals surface area (Å²) in [5.41, 5.74) is 3.40. The van der Waals surface area contributed by atoms with Gasteiger partial charge in [-0.1, -0.05) is 121 Å². The Kier molecular flexibility index (Phi) is 9.53. The van der Waals surface area contributed by atoms with E-state index in [1.165, 1.54) is 0 Å². The van der Waals surface area contributed by atoms with Crippen molar-refractivity contribution >= 4 is 47.1 Å². The minimum atomic E-state index is -1.21. The first-order valence-corrected chi connectivity index (χ1v) is 16.9. The van der Waals surface area contributed by atoms with E-state index in [2.05, 4.69) is 0 Å². The Hall–Kier alpha value is -6.68. The van der Waals surface area contributed by atoms with Crippen molar-refractivity contribution in [2.24, 2.45) is 11.8 Å². The topological polar surface area (TPSA) is 115 Å². The quantitative estimate of drug-likeness (QED) is 0.157. The van der Waals surface area contributed by atoms with Gasteiger partial charge in [0, 0.05) is 0 Å². The van der Waals surface area contributed by atoms with Crippen molar-refractivity contribution < 1.29 is 28.8 Å². The summed E-state index contributed by atoms with van der Waals surface area (Å²) in [7, 11) is 0. The molecule has 258 valence electrons. The second-order valence-electron chi connectivity index (χ2n) is 12.7. The minimum Gasteiger partial charge on any atom is -0.273 e. The van der Waals surface area contributed by atoms with Gasteiger partial charge in [-0.3, -0.25) is 29.0 Å². The maximum atomic E-state index is 13.9. The molecule has 2 saturated heterocycles. The highest BCUT2D eigenvalue weighted by Gasteiger charge is 2.48. The number of carbonyl (C=O) groups is 6. The fraction of sp³-hybridized carbons (Fsp3) is 0.143. The molecule has 0 spiro atoms. The van der Waals surface area contributed by atoms with Gasteiger partial charge >= 0.3 is 12.1 Å². The van der Waals surface area contributed by atoms with Gasteiger partial charge in [-0.25, -0.2) is 19.4 Å². The van der Waals surface area contributed by atoms with E-state index in [4.69, 9.17) is 0 Å². The summed E-state index contributed by atoms with van der Waals surface area (Å²) in [6, 6.07) is 40.8. The summed E-state index contributed by atoms with van der Waals surface area (Å²) in [4.78, 5) is 87.5. The van der Waals surface area contributed by atoms with Crippen LogP contribution in [0.1, 0.15) is 22.3 Å². The molecule has 52 heavy (non-hydrogen) atoms. The van der Waals surface area contributed by atoms with Crippen LogP contribution in [0.2, 0.25) is 0 Å². The van der Waals surface area contributed by atoms with Crippen molar-refractivity contribution in [3.63, 3.8) is 0 Å². The fourth-order valence-electron chi connectivity index (χ4n) is 6.67. The molecule has 2 heterocycles. The van der Waals surface area contributed by atoms with Crippen LogP contribution < -0.4 is 9.80 Å². The maximum absolute atomic E-state index is 13.9. The van der Waals surface area contributed by atoms with Crippen molar-refractivity contribution in [1.29, 1.82) is 0 Å². The number of hydrogen-bond donors (Lipinski definition) is 0. The van der Waals surface area contributed by atoms with E-state index >= 15 is 0 Å². The van der Waals surface area contributed by atoms with Crippen LogP contribution in [0.25, 0.3) is 0 Å². The SMILES string of the molecule is O=C1C(Cc2cccc(CC3C(=O)N(Cc4ccccc4)C(=O)N(c4ccccc4)C3=O)c2)C(=O)N(c2ccccc2)C(=O)N1Cc1ccccc1. The molecule has 2 unspecified atom stereocenters. The number of amides is 8. The zero-order valence-electron chi connectivity index (χ0n) is 28.1. The molecule has 7 rings (SSSR count). The van der Waals surface area contributed by atoms with Crippen LogP contribution in [0.3, 0.4) is 0 Å². The van der Waals surface area contributed by atoms with Gasteiger partial charge in [-0.05, 0) is 59.4 Å². The summed E-state index contributed by atoms with van der Waals surface area (Å²) < 4.78 is 0. The number of para-hydroxylation sites is 2. The number of imide groups is 4.